The lowest BCUT2D eigenvalue weighted by atomic mass is 10.5. The minimum absolute atomic E-state index is 0.657. The molecule has 1 heterocycles. The van der Waals surface area contributed by atoms with Crippen molar-refractivity contribution in [1.29, 1.82) is 0 Å². The molecule has 60 valence electrons. The first-order valence-corrected chi connectivity index (χ1v) is 5.94. The van der Waals surface area contributed by atoms with Crippen molar-refractivity contribution in [2.75, 3.05) is 13.3 Å². The molecule has 0 amide bonds. The Balaban J connectivity index is 3.17. The molecule has 0 spiro atoms. The van der Waals surface area contributed by atoms with E-state index in [0.29, 0.717) is 5.44 Å². The smallest absolute Gasteiger partial charge is 0.127 e. The van der Waals surface area contributed by atoms with Crippen molar-refractivity contribution in [3.8, 4) is 0 Å². The second-order valence-electron chi connectivity index (χ2n) is 2.87. The van der Waals surface area contributed by atoms with Gasteiger partial charge in [-0.25, -0.2) is 9.97 Å². The van der Waals surface area contributed by atoms with Gasteiger partial charge in [-0.3, -0.25) is 0 Å². The van der Waals surface area contributed by atoms with Crippen LogP contribution in [0.5, 0.6) is 0 Å². The van der Waals surface area contributed by atoms with Gasteiger partial charge in [0.2, 0.25) is 0 Å². The standard InChI is InChI=1S/C7H11N2OP/c1-6-4-7(9-5-8-6)11(2,3)10/h4-5H,1-3H3. The number of hydrogen-bond donors (Lipinski definition) is 0. The zero-order valence-electron chi connectivity index (χ0n) is 6.90. The summed E-state index contributed by atoms with van der Waals surface area (Å²) in [5, 5.41) is 0. The van der Waals surface area contributed by atoms with Crippen LogP contribution < -0.4 is 5.44 Å². The van der Waals surface area contributed by atoms with Crippen LogP contribution in [0, 0.1) is 6.92 Å². The maximum Gasteiger partial charge on any atom is 0.127 e. The van der Waals surface area contributed by atoms with E-state index in [-0.39, 0.29) is 0 Å². The van der Waals surface area contributed by atoms with Crippen LogP contribution in [-0.2, 0) is 4.57 Å². The van der Waals surface area contributed by atoms with E-state index >= 15 is 0 Å². The molecule has 3 nitrogen and oxygen atoms in total. The average molecular weight is 170 g/mol. The Hall–Kier alpha value is -0.690. The third kappa shape index (κ3) is 2.12. The van der Waals surface area contributed by atoms with Crippen molar-refractivity contribution in [1.82, 2.24) is 9.97 Å². The van der Waals surface area contributed by atoms with E-state index in [1.54, 1.807) is 19.4 Å². The van der Waals surface area contributed by atoms with Crippen LogP contribution in [0.25, 0.3) is 0 Å². The summed E-state index contributed by atoms with van der Waals surface area (Å²) in [4.78, 5) is 7.86. The van der Waals surface area contributed by atoms with Crippen molar-refractivity contribution >= 4 is 12.6 Å². The third-order valence-electron chi connectivity index (χ3n) is 1.34. The molecule has 0 saturated carbocycles. The fourth-order valence-electron chi connectivity index (χ4n) is 0.735. The molecule has 0 atom stereocenters. The summed E-state index contributed by atoms with van der Waals surface area (Å²) in [7, 11) is -2.20. The van der Waals surface area contributed by atoms with Crippen LogP contribution in [0.3, 0.4) is 0 Å². The Morgan fingerprint density at radius 1 is 1.36 bits per heavy atom. The molecule has 0 aliphatic carbocycles. The summed E-state index contributed by atoms with van der Waals surface area (Å²) in [6.07, 6.45) is 1.45. The van der Waals surface area contributed by atoms with Crippen LogP contribution in [-0.4, -0.2) is 23.3 Å². The normalized spacial score (nSPS) is 11.5. The van der Waals surface area contributed by atoms with Crippen LogP contribution in [0.4, 0.5) is 0 Å². The van der Waals surface area contributed by atoms with E-state index in [9.17, 15) is 4.57 Å². The summed E-state index contributed by atoms with van der Waals surface area (Å²) >= 11 is 0. The van der Waals surface area contributed by atoms with Gasteiger partial charge in [-0.05, 0) is 26.3 Å². The number of rotatable bonds is 1. The van der Waals surface area contributed by atoms with Gasteiger partial charge in [-0.1, -0.05) is 0 Å². The van der Waals surface area contributed by atoms with Gasteiger partial charge in [-0.15, -0.1) is 0 Å². The minimum atomic E-state index is -2.20. The van der Waals surface area contributed by atoms with Gasteiger partial charge in [0.15, 0.2) is 0 Å². The molecule has 0 unspecified atom stereocenters. The molecule has 4 heteroatoms. The summed E-state index contributed by atoms with van der Waals surface area (Å²) in [6.45, 7) is 5.27. The van der Waals surface area contributed by atoms with Crippen LogP contribution >= 0.6 is 7.14 Å². The summed E-state index contributed by atoms with van der Waals surface area (Å²) < 4.78 is 11.5. The van der Waals surface area contributed by atoms with E-state index in [2.05, 4.69) is 9.97 Å². The largest absolute Gasteiger partial charge is 0.318 e. The molecule has 0 aliphatic rings. The molecule has 0 saturated heterocycles. The van der Waals surface area contributed by atoms with Gasteiger partial charge >= 0.3 is 0 Å². The van der Waals surface area contributed by atoms with Crippen LogP contribution in [0.1, 0.15) is 5.69 Å². The summed E-state index contributed by atoms with van der Waals surface area (Å²) in [6, 6.07) is 1.76. The predicted octanol–water partition coefficient (Wildman–Crippen LogP) is 1.03. The van der Waals surface area contributed by atoms with Gasteiger partial charge < -0.3 is 4.57 Å². The second-order valence-corrected chi connectivity index (χ2v) is 6.03. The highest BCUT2D eigenvalue weighted by molar-refractivity contribution is 7.69. The second kappa shape index (κ2) is 2.74. The lowest BCUT2D eigenvalue weighted by Crippen LogP contribution is -2.08. The Bertz CT molecular complexity index is 305. The molecule has 0 radical (unpaired) electrons. The molecule has 0 bridgehead atoms. The SMILES string of the molecule is Cc1cc(P(C)(C)=O)ncn1. The molecule has 1 rings (SSSR count). The number of aryl methyl sites for hydroxylation is 1. The zero-order chi connectivity index (χ0) is 8.48. The minimum Gasteiger partial charge on any atom is -0.318 e. The van der Waals surface area contributed by atoms with Crippen molar-refractivity contribution in [2.45, 2.75) is 6.92 Å². The molecular weight excluding hydrogens is 159 g/mol. The average Bonchev–Trinajstić information content (AvgIpc) is 1.86. The Labute approximate surface area is 66.3 Å². The monoisotopic (exact) mass is 170 g/mol. The van der Waals surface area contributed by atoms with Gasteiger partial charge in [0.05, 0.1) is 0 Å². The van der Waals surface area contributed by atoms with E-state index in [1.807, 2.05) is 6.92 Å². The van der Waals surface area contributed by atoms with Gasteiger partial charge in [0.25, 0.3) is 0 Å². The molecule has 1 aromatic heterocycles. The molecule has 0 N–H and O–H groups in total. The highest BCUT2D eigenvalue weighted by Gasteiger charge is 2.11. The molecule has 0 aliphatic heterocycles. The van der Waals surface area contributed by atoms with Crippen molar-refractivity contribution in [2.24, 2.45) is 0 Å². The quantitative estimate of drug-likeness (QED) is 0.591. The highest BCUT2D eigenvalue weighted by Crippen LogP contribution is 2.32. The van der Waals surface area contributed by atoms with Crippen molar-refractivity contribution in [3.63, 3.8) is 0 Å². The fraction of sp³-hybridized carbons (Fsp3) is 0.429. The first-order chi connectivity index (χ1) is 5.00. The first-order valence-electron chi connectivity index (χ1n) is 3.34. The third-order valence-corrected chi connectivity index (χ3v) is 2.69. The van der Waals surface area contributed by atoms with Gasteiger partial charge in [0, 0.05) is 5.69 Å². The molecule has 0 aromatic carbocycles. The van der Waals surface area contributed by atoms with E-state index < -0.39 is 7.14 Å². The highest BCUT2D eigenvalue weighted by atomic mass is 31.2. The Kier molecular flexibility index (Phi) is 2.10. The Morgan fingerprint density at radius 3 is 2.36 bits per heavy atom. The maximum absolute atomic E-state index is 11.5. The fourth-order valence-corrected chi connectivity index (χ4v) is 1.56. The summed E-state index contributed by atoms with van der Waals surface area (Å²) in [5.41, 5.74) is 1.52. The molecule has 1 aromatic rings. The van der Waals surface area contributed by atoms with Crippen molar-refractivity contribution in [3.05, 3.63) is 18.1 Å². The lowest BCUT2D eigenvalue weighted by molar-refractivity contribution is 0.587. The predicted molar refractivity (Wildman–Crippen MR) is 45.9 cm³/mol. The van der Waals surface area contributed by atoms with E-state index in [0.717, 1.165) is 5.69 Å². The van der Waals surface area contributed by atoms with Crippen LogP contribution in [0.2, 0.25) is 0 Å². The van der Waals surface area contributed by atoms with Crippen molar-refractivity contribution < 1.29 is 4.57 Å². The zero-order valence-corrected chi connectivity index (χ0v) is 7.80. The Morgan fingerprint density at radius 2 is 2.00 bits per heavy atom. The first kappa shape index (κ1) is 8.41. The number of hydrogen-bond acceptors (Lipinski definition) is 3. The maximum atomic E-state index is 11.5. The lowest BCUT2D eigenvalue weighted by Gasteiger charge is -2.04. The molecule has 0 fully saturated rings. The summed E-state index contributed by atoms with van der Waals surface area (Å²) in [5.74, 6) is 0. The van der Waals surface area contributed by atoms with Crippen LogP contribution in [0.15, 0.2) is 12.4 Å². The number of nitrogens with zero attached hydrogens (tertiary/aromatic N) is 2. The van der Waals surface area contributed by atoms with Gasteiger partial charge in [-0.2, -0.15) is 0 Å². The molecular formula is C7H11N2OP. The van der Waals surface area contributed by atoms with E-state index in [4.69, 9.17) is 0 Å². The number of aromatic nitrogens is 2. The topological polar surface area (TPSA) is 42.9 Å². The van der Waals surface area contributed by atoms with E-state index in [1.165, 1.54) is 6.33 Å². The molecule has 11 heavy (non-hydrogen) atoms. The van der Waals surface area contributed by atoms with Gasteiger partial charge in [0.1, 0.15) is 18.9 Å².